The zero-order valence-corrected chi connectivity index (χ0v) is 18.8. The highest BCUT2D eigenvalue weighted by Crippen LogP contribution is 2.37. The highest BCUT2D eigenvalue weighted by Gasteiger charge is 2.24. The summed E-state index contributed by atoms with van der Waals surface area (Å²) >= 11 is 12.5. The van der Waals surface area contributed by atoms with Gasteiger partial charge in [-0.15, -0.1) is 0 Å². The fourth-order valence-corrected chi connectivity index (χ4v) is 4.98. The predicted octanol–water partition coefficient (Wildman–Crippen LogP) is 7.01. The smallest absolute Gasteiger partial charge is 0.221 e. The van der Waals surface area contributed by atoms with Crippen molar-refractivity contribution in [3.63, 3.8) is 0 Å². The number of hydrogen-bond donors (Lipinski definition) is 2. The summed E-state index contributed by atoms with van der Waals surface area (Å²) in [6, 6.07) is 12.4. The molecule has 158 valence electrons. The van der Waals surface area contributed by atoms with Gasteiger partial charge in [0.2, 0.25) is 5.91 Å². The van der Waals surface area contributed by atoms with Crippen molar-refractivity contribution < 1.29 is 4.79 Å². The Balaban J connectivity index is 1.69. The number of rotatable bonds is 6. The first kappa shape index (κ1) is 21.3. The summed E-state index contributed by atoms with van der Waals surface area (Å²) in [6.07, 6.45) is 9.21. The van der Waals surface area contributed by atoms with Gasteiger partial charge in [0.25, 0.3) is 0 Å². The maximum atomic E-state index is 13.0. The van der Waals surface area contributed by atoms with Gasteiger partial charge >= 0.3 is 0 Å². The molecule has 0 saturated heterocycles. The molecule has 3 nitrogen and oxygen atoms in total. The number of carbonyl (C=O) groups excluding carboxylic acids is 1. The first-order valence-corrected chi connectivity index (χ1v) is 11.7. The number of amides is 1. The topological polar surface area (TPSA) is 44.9 Å². The van der Waals surface area contributed by atoms with Gasteiger partial charge in [-0.1, -0.05) is 73.7 Å². The van der Waals surface area contributed by atoms with E-state index in [2.05, 4.69) is 35.4 Å². The summed E-state index contributed by atoms with van der Waals surface area (Å²) in [5, 5.41) is 5.47. The van der Waals surface area contributed by atoms with E-state index in [1.54, 1.807) is 0 Å². The molecule has 30 heavy (non-hydrogen) atoms. The van der Waals surface area contributed by atoms with Crippen LogP contribution in [0.15, 0.2) is 42.6 Å². The highest BCUT2D eigenvalue weighted by molar-refractivity contribution is 6.42. The number of H-pyrrole nitrogens is 1. The van der Waals surface area contributed by atoms with Gasteiger partial charge in [-0.3, -0.25) is 4.79 Å². The van der Waals surface area contributed by atoms with Crippen LogP contribution >= 0.6 is 23.2 Å². The van der Waals surface area contributed by atoms with E-state index in [4.69, 9.17) is 23.2 Å². The fourth-order valence-electron chi connectivity index (χ4n) is 4.68. The minimum atomic E-state index is -0.0933. The lowest BCUT2D eigenvalue weighted by molar-refractivity contribution is -0.122. The number of aromatic amines is 1. The average Bonchev–Trinajstić information content (AvgIpc) is 3.19. The zero-order valence-electron chi connectivity index (χ0n) is 17.3. The van der Waals surface area contributed by atoms with Gasteiger partial charge in [0.1, 0.15) is 0 Å². The quantitative estimate of drug-likeness (QED) is 0.423. The lowest BCUT2D eigenvalue weighted by Crippen LogP contribution is -2.36. The highest BCUT2D eigenvalue weighted by atomic mass is 35.5. The molecule has 1 saturated carbocycles. The molecule has 2 N–H and O–H groups in total. The maximum absolute atomic E-state index is 13.0. The van der Waals surface area contributed by atoms with Gasteiger partial charge in [-0.05, 0) is 48.1 Å². The Kier molecular flexibility index (Phi) is 6.70. The minimum absolute atomic E-state index is 0.0933. The third-order valence-corrected chi connectivity index (χ3v) is 7.03. The van der Waals surface area contributed by atoms with Crippen molar-refractivity contribution in [1.29, 1.82) is 0 Å². The number of para-hydroxylation sites is 1. The monoisotopic (exact) mass is 442 g/mol. The second-order valence-corrected chi connectivity index (χ2v) is 9.08. The van der Waals surface area contributed by atoms with E-state index in [0.29, 0.717) is 22.5 Å². The van der Waals surface area contributed by atoms with E-state index in [1.165, 1.54) is 24.8 Å². The van der Waals surface area contributed by atoms with Crippen LogP contribution in [0.2, 0.25) is 10.0 Å². The number of nitrogens with one attached hydrogen (secondary N) is 2. The second-order valence-electron chi connectivity index (χ2n) is 8.27. The van der Waals surface area contributed by atoms with Crippen molar-refractivity contribution in [3.05, 3.63) is 69.3 Å². The van der Waals surface area contributed by atoms with Crippen LogP contribution in [0.4, 0.5) is 0 Å². The molecule has 1 aliphatic carbocycles. The van der Waals surface area contributed by atoms with Gasteiger partial charge in [0.05, 0.1) is 10.0 Å². The largest absolute Gasteiger partial charge is 0.361 e. The Labute approximate surface area is 188 Å². The van der Waals surface area contributed by atoms with Gasteiger partial charge in [0.15, 0.2) is 0 Å². The summed E-state index contributed by atoms with van der Waals surface area (Å²) < 4.78 is 0. The van der Waals surface area contributed by atoms with Crippen molar-refractivity contribution in [3.8, 4) is 0 Å². The third-order valence-electron chi connectivity index (χ3n) is 6.30. The van der Waals surface area contributed by atoms with E-state index < -0.39 is 0 Å². The summed E-state index contributed by atoms with van der Waals surface area (Å²) in [5.41, 5.74) is 4.55. The molecule has 1 fully saturated rings. The number of carbonyl (C=O) groups is 1. The van der Waals surface area contributed by atoms with Crippen LogP contribution in [-0.2, 0) is 11.2 Å². The summed E-state index contributed by atoms with van der Waals surface area (Å²) in [6.45, 7) is 2.16. The van der Waals surface area contributed by atoms with Crippen LogP contribution in [0.1, 0.15) is 68.1 Å². The zero-order chi connectivity index (χ0) is 21.1. The molecule has 1 heterocycles. The Morgan fingerprint density at radius 2 is 1.93 bits per heavy atom. The molecule has 0 bridgehead atoms. The summed E-state index contributed by atoms with van der Waals surface area (Å²) in [4.78, 5) is 16.5. The number of halogens is 2. The minimum Gasteiger partial charge on any atom is -0.361 e. The molecule has 2 aromatic carbocycles. The van der Waals surface area contributed by atoms with Gasteiger partial charge in [-0.2, -0.15) is 0 Å². The molecule has 0 aliphatic heterocycles. The number of aromatic nitrogens is 1. The number of aryl methyl sites for hydroxylation is 1. The van der Waals surface area contributed by atoms with Crippen LogP contribution in [-0.4, -0.2) is 16.9 Å². The van der Waals surface area contributed by atoms with Crippen molar-refractivity contribution in [2.45, 2.75) is 63.8 Å². The van der Waals surface area contributed by atoms with E-state index in [-0.39, 0.29) is 11.8 Å². The van der Waals surface area contributed by atoms with E-state index >= 15 is 0 Å². The lowest BCUT2D eigenvalue weighted by Gasteiger charge is -2.24. The van der Waals surface area contributed by atoms with Gasteiger partial charge < -0.3 is 10.3 Å². The van der Waals surface area contributed by atoms with Crippen molar-refractivity contribution >= 4 is 40.0 Å². The normalized spacial score (nSPS) is 16.0. The SMILES string of the molecule is CCc1cccc2c([C@H](CC(=O)NC3CCCCC3)c3ccc(Cl)c(Cl)c3)c[nH]c12. The van der Waals surface area contributed by atoms with Crippen LogP contribution in [0.25, 0.3) is 10.9 Å². The Hall–Kier alpha value is -1.97. The van der Waals surface area contributed by atoms with E-state index in [0.717, 1.165) is 41.3 Å². The Bertz CT molecular complexity index is 1040. The molecular formula is C25H28Cl2N2O. The van der Waals surface area contributed by atoms with Crippen molar-refractivity contribution in [1.82, 2.24) is 10.3 Å². The summed E-state index contributed by atoms with van der Waals surface area (Å²) in [5.74, 6) is 0.00295. The van der Waals surface area contributed by atoms with Crippen LogP contribution in [0, 0.1) is 0 Å². The molecule has 1 amide bonds. The van der Waals surface area contributed by atoms with Crippen LogP contribution in [0.3, 0.4) is 0 Å². The maximum Gasteiger partial charge on any atom is 0.221 e. The Morgan fingerprint density at radius 3 is 2.67 bits per heavy atom. The third kappa shape index (κ3) is 4.53. The molecule has 1 aromatic heterocycles. The molecule has 4 rings (SSSR count). The van der Waals surface area contributed by atoms with Crippen LogP contribution < -0.4 is 5.32 Å². The molecule has 0 unspecified atom stereocenters. The predicted molar refractivity (Wildman–Crippen MR) is 126 cm³/mol. The number of hydrogen-bond acceptors (Lipinski definition) is 1. The molecule has 0 radical (unpaired) electrons. The van der Waals surface area contributed by atoms with Crippen molar-refractivity contribution in [2.75, 3.05) is 0 Å². The molecule has 0 spiro atoms. The first-order chi connectivity index (χ1) is 14.6. The van der Waals surface area contributed by atoms with E-state index in [1.807, 2.05) is 24.4 Å². The number of benzene rings is 2. The lowest BCUT2D eigenvalue weighted by atomic mass is 9.87. The van der Waals surface area contributed by atoms with Crippen molar-refractivity contribution in [2.24, 2.45) is 0 Å². The first-order valence-electron chi connectivity index (χ1n) is 10.9. The molecule has 1 aliphatic rings. The van der Waals surface area contributed by atoms with E-state index in [9.17, 15) is 4.79 Å². The molecular weight excluding hydrogens is 415 g/mol. The molecule has 3 aromatic rings. The molecule has 5 heteroatoms. The van der Waals surface area contributed by atoms with Gasteiger partial charge in [0, 0.05) is 35.5 Å². The Morgan fingerprint density at radius 1 is 1.13 bits per heavy atom. The molecule has 1 atom stereocenters. The van der Waals surface area contributed by atoms with Crippen LogP contribution in [0.5, 0.6) is 0 Å². The van der Waals surface area contributed by atoms with Gasteiger partial charge in [-0.25, -0.2) is 0 Å². The second kappa shape index (κ2) is 9.45. The standard InChI is InChI=1S/C25H28Cl2N2O/c1-2-16-7-6-10-19-21(15-28-25(16)19)20(17-11-12-22(26)23(27)13-17)14-24(30)29-18-8-4-3-5-9-18/h6-7,10-13,15,18,20,28H,2-5,8-9,14H2,1H3,(H,29,30)/t20-/m1/s1. The fraction of sp³-hybridized carbons (Fsp3) is 0.400. The number of fused-ring (bicyclic) bond motifs is 1. The average molecular weight is 443 g/mol. The summed E-state index contributed by atoms with van der Waals surface area (Å²) in [7, 11) is 0.